The van der Waals surface area contributed by atoms with Gasteiger partial charge in [-0.3, -0.25) is 4.98 Å². The highest BCUT2D eigenvalue weighted by Gasteiger charge is 2.23. The first-order valence-electron chi connectivity index (χ1n) is 17.7. The Hall–Kier alpha value is -6.51. The van der Waals surface area contributed by atoms with E-state index in [2.05, 4.69) is 187 Å². The fourth-order valence-electron chi connectivity index (χ4n) is 8.28. The number of benzene rings is 7. The van der Waals surface area contributed by atoms with Crippen LogP contribution in [-0.4, -0.2) is 9.55 Å². The second-order valence-electron chi connectivity index (χ2n) is 13.4. The summed E-state index contributed by atoms with van der Waals surface area (Å²) in [6.45, 7) is 0. The molecule has 240 valence electrons. The number of nitrogens with zero attached hydrogens (tertiary/aromatic N) is 2. The van der Waals surface area contributed by atoms with Gasteiger partial charge in [0.25, 0.3) is 0 Å². The second-order valence-corrected chi connectivity index (χ2v) is 13.4. The lowest BCUT2D eigenvalue weighted by atomic mass is 9.85. The van der Waals surface area contributed by atoms with Crippen molar-refractivity contribution in [3.05, 3.63) is 194 Å². The van der Waals surface area contributed by atoms with E-state index in [-0.39, 0.29) is 5.92 Å². The molecule has 9 aromatic rings. The Balaban J connectivity index is 1.35. The normalized spacial score (nSPS) is 14.2. The van der Waals surface area contributed by atoms with Crippen LogP contribution >= 0.6 is 0 Å². The molecule has 10 rings (SSSR count). The van der Waals surface area contributed by atoms with Crippen molar-refractivity contribution in [2.45, 2.75) is 12.3 Å². The molecule has 0 amide bonds. The Morgan fingerprint density at radius 3 is 2.00 bits per heavy atom. The molecule has 2 nitrogen and oxygen atoms in total. The molecule has 1 atom stereocenters. The van der Waals surface area contributed by atoms with E-state index in [1.54, 1.807) is 0 Å². The van der Waals surface area contributed by atoms with Crippen molar-refractivity contribution in [3.63, 3.8) is 0 Å². The molecule has 0 bridgehead atoms. The van der Waals surface area contributed by atoms with Crippen LogP contribution in [0.5, 0.6) is 0 Å². The lowest BCUT2D eigenvalue weighted by Crippen LogP contribution is -2.07. The third-order valence-electron chi connectivity index (χ3n) is 10.6. The number of fused-ring (bicyclic) bond motifs is 4. The SMILES string of the molecule is C1=CCC(c2ccc(-c3ccccc3)n2-c2ccc3c(-c4nccc5ccccc45)c4ccccc4c(-c4cccc5ccccc45)c3c2)C=C1. The molecule has 0 spiro atoms. The van der Waals surface area contributed by atoms with Gasteiger partial charge in [-0.25, -0.2) is 0 Å². The molecule has 0 N–H and O–H groups in total. The minimum atomic E-state index is 0.285. The first kappa shape index (κ1) is 29.4. The van der Waals surface area contributed by atoms with Crippen molar-refractivity contribution in [1.29, 1.82) is 0 Å². The summed E-state index contributed by atoms with van der Waals surface area (Å²) in [5, 5.41) is 9.66. The summed E-state index contributed by atoms with van der Waals surface area (Å²) >= 11 is 0. The lowest BCUT2D eigenvalue weighted by molar-refractivity contribution is 0.786. The molecule has 0 aliphatic heterocycles. The predicted molar refractivity (Wildman–Crippen MR) is 216 cm³/mol. The van der Waals surface area contributed by atoms with E-state index in [0.29, 0.717) is 0 Å². The minimum absolute atomic E-state index is 0.285. The molecule has 2 heterocycles. The maximum absolute atomic E-state index is 5.11. The van der Waals surface area contributed by atoms with Gasteiger partial charge in [-0.2, -0.15) is 0 Å². The fraction of sp³-hybridized carbons (Fsp3) is 0.0408. The Morgan fingerprint density at radius 1 is 0.510 bits per heavy atom. The first-order chi connectivity index (χ1) is 25.3. The summed E-state index contributed by atoms with van der Waals surface area (Å²) < 4.78 is 2.49. The van der Waals surface area contributed by atoms with E-state index in [4.69, 9.17) is 4.98 Å². The number of pyridine rings is 1. The Bertz CT molecular complexity index is 2830. The third-order valence-corrected chi connectivity index (χ3v) is 10.6. The van der Waals surface area contributed by atoms with Crippen LogP contribution in [0.4, 0.5) is 0 Å². The zero-order valence-corrected chi connectivity index (χ0v) is 28.1. The first-order valence-corrected chi connectivity index (χ1v) is 17.7. The smallest absolute Gasteiger partial charge is 0.0792 e. The van der Waals surface area contributed by atoms with Crippen molar-refractivity contribution < 1.29 is 0 Å². The lowest BCUT2D eigenvalue weighted by Gasteiger charge is -2.22. The van der Waals surface area contributed by atoms with Gasteiger partial charge < -0.3 is 4.57 Å². The molecule has 7 aromatic carbocycles. The zero-order valence-electron chi connectivity index (χ0n) is 28.1. The van der Waals surface area contributed by atoms with Gasteiger partial charge in [-0.1, -0.05) is 152 Å². The monoisotopic (exact) mass is 650 g/mol. The number of aromatic nitrogens is 2. The molecule has 0 saturated carbocycles. The molecule has 2 aromatic heterocycles. The molecule has 0 radical (unpaired) electrons. The largest absolute Gasteiger partial charge is 0.313 e. The van der Waals surface area contributed by atoms with Crippen LogP contribution in [0, 0.1) is 0 Å². The van der Waals surface area contributed by atoms with Crippen molar-refractivity contribution in [2.24, 2.45) is 0 Å². The average Bonchev–Trinajstić information content (AvgIpc) is 3.66. The second kappa shape index (κ2) is 12.1. The topological polar surface area (TPSA) is 17.8 Å². The number of rotatable bonds is 5. The highest BCUT2D eigenvalue weighted by Crippen LogP contribution is 2.47. The fourth-order valence-corrected chi connectivity index (χ4v) is 8.28. The Labute approximate surface area is 297 Å². The standard InChI is InChI=1S/C49H34N2/c1-3-16-35(17-4-1)45-28-29-46(36-18-5-2-6-19-36)51(45)37-26-27-43-44(32-37)47(40-25-13-20-33-14-7-9-21-38(33)40)41-23-11-12-24-42(41)48(43)49-39-22-10-8-15-34(39)30-31-50-49/h1-18,20-32,36H,19H2. The van der Waals surface area contributed by atoms with Gasteiger partial charge in [0.15, 0.2) is 0 Å². The van der Waals surface area contributed by atoms with Crippen molar-refractivity contribution in [1.82, 2.24) is 9.55 Å². The number of allylic oxidation sites excluding steroid dienone is 4. The van der Waals surface area contributed by atoms with Gasteiger partial charge >= 0.3 is 0 Å². The summed E-state index contributed by atoms with van der Waals surface area (Å²) in [4.78, 5) is 5.11. The molecular weight excluding hydrogens is 617 g/mol. The highest BCUT2D eigenvalue weighted by molar-refractivity contribution is 6.25. The minimum Gasteiger partial charge on any atom is -0.313 e. The summed E-state index contributed by atoms with van der Waals surface area (Å²) in [6, 6.07) is 57.6. The van der Waals surface area contributed by atoms with Crippen LogP contribution in [-0.2, 0) is 0 Å². The van der Waals surface area contributed by atoms with Crippen LogP contribution in [0.3, 0.4) is 0 Å². The van der Waals surface area contributed by atoms with E-state index >= 15 is 0 Å². The molecule has 2 heteroatoms. The summed E-state index contributed by atoms with van der Waals surface area (Å²) in [5.41, 5.74) is 9.50. The van der Waals surface area contributed by atoms with Gasteiger partial charge in [0.05, 0.1) is 11.4 Å². The van der Waals surface area contributed by atoms with E-state index in [9.17, 15) is 0 Å². The molecule has 1 aliphatic rings. The number of hydrogen-bond acceptors (Lipinski definition) is 1. The van der Waals surface area contributed by atoms with Gasteiger partial charge in [0.1, 0.15) is 0 Å². The predicted octanol–water partition coefficient (Wildman–Crippen LogP) is 13.1. The molecule has 51 heavy (non-hydrogen) atoms. The summed E-state index contributed by atoms with van der Waals surface area (Å²) in [6.07, 6.45) is 11.9. The maximum atomic E-state index is 5.11. The van der Waals surface area contributed by atoms with Crippen LogP contribution in [0.2, 0.25) is 0 Å². The maximum Gasteiger partial charge on any atom is 0.0792 e. The molecule has 1 unspecified atom stereocenters. The van der Waals surface area contributed by atoms with Crippen LogP contribution < -0.4 is 0 Å². The van der Waals surface area contributed by atoms with E-state index in [1.807, 2.05) is 6.20 Å². The van der Waals surface area contributed by atoms with Gasteiger partial charge in [0, 0.05) is 34.4 Å². The van der Waals surface area contributed by atoms with Gasteiger partial charge in [0.2, 0.25) is 0 Å². The van der Waals surface area contributed by atoms with Crippen LogP contribution in [0.15, 0.2) is 188 Å². The molecule has 1 aliphatic carbocycles. The number of hydrogen-bond donors (Lipinski definition) is 0. The van der Waals surface area contributed by atoms with Crippen molar-refractivity contribution >= 4 is 43.1 Å². The van der Waals surface area contributed by atoms with Gasteiger partial charge in [-0.05, 0) is 91.1 Å². The average molecular weight is 651 g/mol. The summed E-state index contributed by atoms with van der Waals surface area (Å²) in [5.74, 6) is 0.285. The van der Waals surface area contributed by atoms with Gasteiger partial charge in [-0.15, -0.1) is 0 Å². The Kier molecular flexibility index (Phi) is 6.99. The van der Waals surface area contributed by atoms with E-state index in [0.717, 1.165) is 23.2 Å². The quantitative estimate of drug-likeness (QED) is 0.170. The summed E-state index contributed by atoms with van der Waals surface area (Å²) in [7, 11) is 0. The third kappa shape index (κ3) is 4.83. The van der Waals surface area contributed by atoms with Crippen molar-refractivity contribution in [2.75, 3.05) is 0 Å². The Morgan fingerprint density at radius 2 is 1.20 bits per heavy atom. The van der Waals surface area contributed by atoms with Crippen LogP contribution in [0.25, 0.3) is 82.4 Å². The molecule has 0 saturated heterocycles. The highest BCUT2D eigenvalue weighted by atomic mass is 15.0. The van der Waals surface area contributed by atoms with Crippen molar-refractivity contribution in [3.8, 4) is 39.3 Å². The molecular formula is C49H34N2. The molecule has 0 fully saturated rings. The van der Waals surface area contributed by atoms with E-state index in [1.165, 1.54) is 71.3 Å². The zero-order chi connectivity index (χ0) is 33.7. The van der Waals surface area contributed by atoms with E-state index < -0.39 is 0 Å². The van der Waals surface area contributed by atoms with Crippen LogP contribution in [0.1, 0.15) is 18.0 Å².